The molecule has 1 atom stereocenters. The number of nitrogens with one attached hydrogen (secondary N) is 1. The van der Waals surface area contributed by atoms with Crippen molar-refractivity contribution in [2.24, 2.45) is 0 Å². The molecule has 0 aliphatic heterocycles. The Balaban J connectivity index is 1.74. The van der Waals surface area contributed by atoms with E-state index in [9.17, 15) is 4.79 Å². The van der Waals surface area contributed by atoms with Gasteiger partial charge >= 0.3 is 0 Å². The normalized spacial score (nSPS) is 11.6. The van der Waals surface area contributed by atoms with Crippen molar-refractivity contribution in [1.29, 1.82) is 0 Å². The highest BCUT2D eigenvalue weighted by Crippen LogP contribution is 2.17. The predicted octanol–water partition coefficient (Wildman–Crippen LogP) is 3.47. The van der Waals surface area contributed by atoms with E-state index in [1.54, 1.807) is 6.92 Å². The average molecular weight is 377 g/mol. The van der Waals surface area contributed by atoms with Gasteiger partial charge in [0.05, 0.1) is 0 Å². The van der Waals surface area contributed by atoms with Crippen molar-refractivity contribution in [2.45, 2.75) is 13.0 Å². The lowest BCUT2D eigenvalue weighted by Crippen LogP contribution is -2.40. The molecule has 2 aromatic carbocycles. The van der Waals surface area contributed by atoms with Crippen LogP contribution < -0.4 is 15.0 Å². The molecule has 0 aromatic heterocycles. The van der Waals surface area contributed by atoms with Crippen molar-refractivity contribution >= 4 is 27.5 Å². The van der Waals surface area contributed by atoms with Crippen LogP contribution in [0.25, 0.3) is 0 Å². The summed E-state index contributed by atoms with van der Waals surface area (Å²) in [5.41, 5.74) is 1.13. The number of nitrogens with zero attached hydrogens (tertiary/aromatic N) is 1. The fourth-order valence-corrected chi connectivity index (χ4v) is 2.34. The van der Waals surface area contributed by atoms with Crippen molar-refractivity contribution in [3.8, 4) is 5.75 Å². The number of halogens is 1. The van der Waals surface area contributed by atoms with Crippen molar-refractivity contribution in [3.05, 3.63) is 59.1 Å². The van der Waals surface area contributed by atoms with Crippen LogP contribution in [-0.4, -0.2) is 32.1 Å². The first-order chi connectivity index (χ1) is 11.1. The van der Waals surface area contributed by atoms with Gasteiger partial charge in [-0.2, -0.15) is 0 Å². The lowest BCUT2D eigenvalue weighted by Gasteiger charge is -2.20. The van der Waals surface area contributed by atoms with Gasteiger partial charge in [-0.15, -0.1) is 0 Å². The molecule has 2 aromatic rings. The number of hydrogen-bond acceptors (Lipinski definition) is 3. The number of hydrogen-bond donors (Lipinski definition) is 1. The molecular weight excluding hydrogens is 356 g/mol. The summed E-state index contributed by atoms with van der Waals surface area (Å²) in [7, 11) is 2.00. The average Bonchev–Trinajstić information content (AvgIpc) is 2.57. The van der Waals surface area contributed by atoms with Gasteiger partial charge in [-0.1, -0.05) is 34.1 Å². The van der Waals surface area contributed by atoms with Crippen LogP contribution in [0, 0.1) is 0 Å². The minimum Gasteiger partial charge on any atom is -0.481 e. The molecule has 5 heteroatoms. The summed E-state index contributed by atoms with van der Waals surface area (Å²) in [5, 5.41) is 2.90. The third kappa shape index (κ3) is 5.60. The molecule has 0 aliphatic rings. The molecule has 0 saturated heterocycles. The Morgan fingerprint density at radius 3 is 2.48 bits per heavy atom. The molecule has 122 valence electrons. The Morgan fingerprint density at radius 2 is 1.83 bits per heavy atom. The molecule has 0 unspecified atom stereocenters. The summed E-state index contributed by atoms with van der Waals surface area (Å²) in [4.78, 5) is 14.2. The quantitative estimate of drug-likeness (QED) is 0.804. The van der Waals surface area contributed by atoms with Gasteiger partial charge in [0, 0.05) is 30.3 Å². The van der Waals surface area contributed by atoms with Crippen molar-refractivity contribution < 1.29 is 9.53 Å². The van der Waals surface area contributed by atoms with E-state index in [2.05, 4.69) is 26.1 Å². The molecule has 0 radical (unpaired) electrons. The van der Waals surface area contributed by atoms with E-state index in [4.69, 9.17) is 4.74 Å². The highest BCUT2D eigenvalue weighted by Gasteiger charge is 2.14. The maximum atomic E-state index is 12.1. The van der Waals surface area contributed by atoms with Gasteiger partial charge in [0.15, 0.2) is 6.10 Å². The van der Waals surface area contributed by atoms with Gasteiger partial charge in [-0.05, 0) is 43.3 Å². The van der Waals surface area contributed by atoms with Crippen LogP contribution in [0.5, 0.6) is 5.75 Å². The molecule has 1 amide bonds. The van der Waals surface area contributed by atoms with Crippen LogP contribution >= 0.6 is 15.9 Å². The molecule has 23 heavy (non-hydrogen) atoms. The zero-order valence-electron chi connectivity index (χ0n) is 13.3. The molecule has 0 aliphatic carbocycles. The fraction of sp³-hybridized carbons (Fsp3) is 0.278. The third-order valence-corrected chi connectivity index (χ3v) is 3.97. The van der Waals surface area contributed by atoms with Crippen LogP contribution in [0.2, 0.25) is 0 Å². The van der Waals surface area contributed by atoms with Gasteiger partial charge < -0.3 is 15.0 Å². The zero-order chi connectivity index (χ0) is 16.7. The molecule has 0 bridgehead atoms. The number of amides is 1. The minimum atomic E-state index is -0.529. The second kappa shape index (κ2) is 8.58. The van der Waals surface area contributed by atoms with E-state index in [-0.39, 0.29) is 5.91 Å². The molecule has 0 heterocycles. The van der Waals surface area contributed by atoms with Crippen LogP contribution in [0.1, 0.15) is 6.92 Å². The highest BCUT2D eigenvalue weighted by atomic mass is 79.9. The molecule has 0 spiro atoms. The molecule has 4 nitrogen and oxygen atoms in total. The standard InChI is InChI=1S/C18H21BrN2O2/c1-14(23-17-10-8-15(19)9-11-17)18(22)20-12-13-21(2)16-6-4-3-5-7-16/h3-11,14H,12-13H2,1-2H3,(H,20,22)/t14-/m1/s1. The van der Waals surface area contributed by atoms with Gasteiger partial charge in [0.1, 0.15) is 5.75 Å². The predicted molar refractivity (Wildman–Crippen MR) is 97.0 cm³/mol. The number of rotatable bonds is 7. The van der Waals surface area contributed by atoms with E-state index in [0.717, 1.165) is 16.7 Å². The number of carbonyl (C=O) groups excluding carboxylic acids is 1. The van der Waals surface area contributed by atoms with Crippen molar-refractivity contribution in [1.82, 2.24) is 5.32 Å². The number of anilines is 1. The summed E-state index contributed by atoms with van der Waals surface area (Å²) < 4.78 is 6.60. The third-order valence-electron chi connectivity index (χ3n) is 3.44. The van der Waals surface area contributed by atoms with Gasteiger partial charge in [0.2, 0.25) is 0 Å². The smallest absolute Gasteiger partial charge is 0.260 e. The summed E-state index contributed by atoms with van der Waals surface area (Å²) in [5.74, 6) is 0.562. The minimum absolute atomic E-state index is 0.116. The molecule has 2 rings (SSSR count). The number of para-hydroxylation sites is 1. The molecule has 0 saturated carbocycles. The highest BCUT2D eigenvalue weighted by molar-refractivity contribution is 9.10. The Labute approximate surface area is 145 Å². The zero-order valence-corrected chi connectivity index (χ0v) is 14.9. The maximum absolute atomic E-state index is 12.1. The van der Waals surface area contributed by atoms with E-state index >= 15 is 0 Å². The molecule has 0 fully saturated rings. The van der Waals surface area contributed by atoms with E-state index in [1.807, 2.05) is 61.6 Å². The number of likely N-dealkylation sites (N-methyl/N-ethyl adjacent to an activating group) is 1. The summed E-state index contributed by atoms with van der Waals surface area (Å²) in [6.45, 7) is 3.05. The Hall–Kier alpha value is -2.01. The second-order valence-electron chi connectivity index (χ2n) is 5.26. The van der Waals surface area contributed by atoms with Gasteiger partial charge in [-0.3, -0.25) is 4.79 Å². The summed E-state index contributed by atoms with van der Waals surface area (Å²) in [6.07, 6.45) is -0.529. The summed E-state index contributed by atoms with van der Waals surface area (Å²) >= 11 is 3.37. The molecule has 1 N–H and O–H groups in total. The van der Waals surface area contributed by atoms with Crippen molar-refractivity contribution in [3.63, 3.8) is 0 Å². The fourth-order valence-electron chi connectivity index (χ4n) is 2.07. The first-order valence-electron chi connectivity index (χ1n) is 7.52. The van der Waals surface area contributed by atoms with Gasteiger partial charge in [0.25, 0.3) is 5.91 Å². The maximum Gasteiger partial charge on any atom is 0.260 e. The Kier molecular flexibility index (Phi) is 6.47. The van der Waals surface area contributed by atoms with Crippen LogP contribution in [0.4, 0.5) is 5.69 Å². The number of benzene rings is 2. The Bertz CT molecular complexity index is 617. The van der Waals surface area contributed by atoms with E-state index in [1.165, 1.54) is 0 Å². The SMILES string of the molecule is C[C@@H](Oc1ccc(Br)cc1)C(=O)NCCN(C)c1ccccc1. The van der Waals surface area contributed by atoms with Crippen LogP contribution in [0.3, 0.4) is 0 Å². The summed E-state index contributed by atoms with van der Waals surface area (Å²) in [6, 6.07) is 17.5. The van der Waals surface area contributed by atoms with E-state index in [0.29, 0.717) is 12.3 Å². The Morgan fingerprint density at radius 1 is 1.17 bits per heavy atom. The van der Waals surface area contributed by atoms with Crippen LogP contribution in [-0.2, 0) is 4.79 Å². The topological polar surface area (TPSA) is 41.6 Å². The first-order valence-corrected chi connectivity index (χ1v) is 8.31. The van der Waals surface area contributed by atoms with Crippen LogP contribution in [0.15, 0.2) is 59.1 Å². The lowest BCUT2D eigenvalue weighted by atomic mass is 10.3. The monoisotopic (exact) mass is 376 g/mol. The second-order valence-corrected chi connectivity index (χ2v) is 6.18. The first kappa shape index (κ1) is 17.3. The molecular formula is C18H21BrN2O2. The lowest BCUT2D eigenvalue weighted by molar-refractivity contribution is -0.127. The number of carbonyl (C=O) groups is 1. The van der Waals surface area contributed by atoms with Crippen molar-refractivity contribution in [2.75, 3.05) is 25.0 Å². The largest absolute Gasteiger partial charge is 0.481 e. The number of ether oxygens (including phenoxy) is 1. The van der Waals surface area contributed by atoms with Gasteiger partial charge in [-0.25, -0.2) is 0 Å². The van der Waals surface area contributed by atoms with E-state index < -0.39 is 6.10 Å².